The summed E-state index contributed by atoms with van der Waals surface area (Å²) in [4.78, 5) is 0. The van der Waals surface area contributed by atoms with Gasteiger partial charge in [-0.2, -0.15) is 0 Å². The minimum atomic E-state index is 0.651. The summed E-state index contributed by atoms with van der Waals surface area (Å²) in [7, 11) is 0. The van der Waals surface area contributed by atoms with Gasteiger partial charge < -0.3 is 5.32 Å². The molecule has 0 spiro atoms. The van der Waals surface area contributed by atoms with E-state index in [0.29, 0.717) is 6.04 Å². The van der Waals surface area contributed by atoms with Crippen molar-refractivity contribution in [2.24, 2.45) is 5.92 Å². The van der Waals surface area contributed by atoms with Crippen LogP contribution in [0.25, 0.3) is 0 Å². The lowest BCUT2D eigenvalue weighted by Crippen LogP contribution is -2.34. The van der Waals surface area contributed by atoms with E-state index in [1.807, 2.05) is 0 Å². The Morgan fingerprint density at radius 2 is 2.06 bits per heavy atom. The van der Waals surface area contributed by atoms with E-state index in [1.54, 1.807) is 11.1 Å². The fraction of sp³-hybridized carbons (Fsp3) is 0.600. The van der Waals surface area contributed by atoms with Crippen molar-refractivity contribution >= 4 is 0 Å². The Labute approximate surface area is 98.3 Å². The Bertz CT molecular complexity index is 392. The van der Waals surface area contributed by atoms with Gasteiger partial charge in [0, 0.05) is 12.6 Å². The highest BCUT2D eigenvalue weighted by molar-refractivity contribution is 5.39. The molecule has 3 rings (SSSR count). The summed E-state index contributed by atoms with van der Waals surface area (Å²) >= 11 is 0. The molecular weight excluding hydrogens is 194 g/mol. The van der Waals surface area contributed by atoms with Crippen LogP contribution < -0.4 is 5.32 Å². The third kappa shape index (κ3) is 1.67. The lowest BCUT2D eigenvalue weighted by Gasteiger charge is -2.33. The largest absolute Gasteiger partial charge is 0.309 e. The highest BCUT2D eigenvalue weighted by atomic mass is 14.9. The first-order valence-corrected chi connectivity index (χ1v) is 6.63. The molecule has 1 aromatic rings. The zero-order chi connectivity index (χ0) is 11.1. The fourth-order valence-corrected chi connectivity index (χ4v) is 3.04. The normalized spacial score (nSPS) is 28.9. The Balaban J connectivity index is 2.02. The molecule has 1 N–H and O–H groups in total. The average Bonchev–Trinajstić information content (AvgIpc) is 3.11. The van der Waals surface area contributed by atoms with E-state index in [9.17, 15) is 0 Å². The van der Waals surface area contributed by atoms with E-state index in [4.69, 9.17) is 0 Å². The zero-order valence-corrected chi connectivity index (χ0v) is 10.3. The summed E-state index contributed by atoms with van der Waals surface area (Å²) in [5.74, 6) is 1.64. The number of benzene rings is 1. The zero-order valence-electron chi connectivity index (χ0n) is 10.3. The van der Waals surface area contributed by atoms with Crippen LogP contribution in [0.5, 0.6) is 0 Å². The van der Waals surface area contributed by atoms with Crippen LogP contribution in [0.3, 0.4) is 0 Å². The molecule has 86 valence electrons. The molecular formula is C15H21N. The molecule has 2 aliphatic rings. The Kier molecular flexibility index (Phi) is 2.51. The van der Waals surface area contributed by atoms with Crippen molar-refractivity contribution in [1.82, 2.24) is 5.32 Å². The monoisotopic (exact) mass is 215 g/mol. The van der Waals surface area contributed by atoms with Crippen LogP contribution in [-0.2, 0) is 0 Å². The molecule has 0 radical (unpaired) electrons. The second-order valence-electron chi connectivity index (χ2n) is 5.46. The fourth-order valence-electron chi connectivity index (χ4n) is 3.04. The smallest absolute Gasteiger partial charge is 0.0351 e. The molecule has 1 aliphatic carbocycles. The number of hydrogen-bond acceptors (Lipinski definition) is 1. The van der Waals surface area contributed by atoms with Crippen molar-refractivity contribution < 1.29 is 0 Å². The van der Waals surface area contributed by atoms with Gasteiger partial charge in [-0.25, -0.2) is 0 Å². The predicted molar refractivity (Wildman–Crippen MR) is 67.7 cm³/mol. The summed E-state index contributed by atoms with van der Waals surface area (Å²) in [5, 5.41) is 3.77. The van der Waals surface area contributed by atoms with Crippen molar-refractivity contribution in [3.8, 4) is 0 Å². The molecule has 0 bridgehead atoms. The maximum Gasteiger partial charge on any atom is 0.0351 e. The van der Waals surface area contributed by atoms with Gasteiger partial charge in [-0.3, -0.25) is 0 Å². The molecule has 16 heavy (non-hydrogen) atoms. The highest BCUT2D eigenvalue weighted by Crippen LogP contribution is 2.45. The van der Waals surface area contributed by atoms with Crippen LogP contribution in [0.2, 0.25) is 0 Å². The van der Waals surface area contributed by atoms with Gasteiger partial charge in [0.05, 0.1) is 0 Å². The average molecular weight is 215 g/mol. The summed E-state index contributed by atoms with van der Waals surface area (Å²) in [6, 6.07) is 7.71. The van der Waals surface area contributed by atoms with Gasteiger partial charge in [0.2, 0.25) is 0 Å². The highest BCUT2D eigenvalue weighted by Gasteiger charge is 2.36. The van der Waals surface area contributed by atoms with Crippen LogP contribution in [0.1, 0.15) is 54.8 Å². The van der Waals surface area contributed by atoms with Gasteiger partial charge >= 0.3 is 0 Å². The quantitative estimate of drug-likeness (QED) is 0.795. The van der Waals surface area contributed by atoms with E-state index in [1.165, 1.54) is 31.4 Å². The van der Waals surface area contributed by atoms with E-state index in [2.05, 4.69) is 37.4 Å². The van der Waals surface area contributed by atoms with Crippen molar-refractivity contribution in [1.29, 1.82) is 0 Å². The van der Waals surface area contributed by atoms with Gasteiger partial charge in [-0.05, 0) is 49.1 Å². The SMILES string of the molecule is CCC1CNC(C2CC2)c2cc(C)ccc21. The number of hydrogen-bond donors (Lipinski definition) is 1. The number of nitrogens with one attached hydrogen (secondary N) is 1. The number of fused-ring (bicyclic) bond motifs is 1. The summed E-state index contributed by atoms with van der Waals surface area (Å²) in [6.45, 7) is 5.68. The molecule has 1 aliphatic heterocycles. The van der Waals surface area contributed by atoms with Gasteiger partial charge in [-0.1, -0.05) is 30.7 Å². The first kappa shape index (κ1) is 10.3. The summed E-state index contributed by atoms with van der Waals surface area (Å²) in [5.41, 5.74) is 4.62. The van der Waals surface area contributed by atoms with E-state index >= 15 is 0 Å². The first-order valence-electron chi connectivity index (χ1n) is 6.63. The standard InChI is InChI=1S/C15H21N/c1-3-11-9-16-15(12-5-6-12)14-8-10(2)4-7-13(11)14/h4,7-8,11-12,15-16H,3,5-6,9H2,1-2H3. The molecule has 1 aromatic carbocycles. The molecule has 0 saturated heterocycles. The van der Waals surface area contributed by atoms with Gasteiger partial charge in [0.1, 0.15) is 0 Å². The molecule has 1 heteroatoms. The van der Waals surface area contributed by atoms with Gasteiger partial charge in [0.25, 0.3) is 0 Å². The van der Waals surface area contributed by atoms with Crippen LogP contribution >= 0.6 is 0 Å². The van der Waals surface area contributed by atoms with Crippen molar-refractivity contribution in [3.63, 3.8) is 0 Å². The van der Waals surface area contributed by atoms with E-state index in [-0.39, 0.29) is 0 Å². The minimum Gasteiger partial charge on any atom is -0.309 e. The lowest BCUT2D eigenvalue weighted by molar-refractivity contribution is 0.413. The summed E-state index contributed by atoms with van der Waals surface area (Å²) in [6.07, 6.45) is 4.09. The predicted octanol–water partition coefficient (Wildman–Crippen LogP) is 3.54. The molecule has 1 nitrogen and oxygen atoms in total. The maximum atomic E-state index is 3.77. The second kappa shape index (κ2) is 3.89. The Hall–Kier alpha value is -0.820. The lowest BCUT2D eigenvalue weighted by atomic mass is 9.83. The Morgan fingerprint density at radius 3 is 2.75 bits per heavy atom. The molecule has 2 unspecified atom stereocenters. The third-order valence-corrected chi connectivity index (χ3v) is 4.19. The van der Waals surface area contributed by atoms with Crippen molar-refractivity contribution in [2.45, 2.75) is 45.1 Å². The Morgan fingerprint density at radius 1 is 1.25 bits per heavy atom. The third-order valence-electron chi connectivity index (χ3n) is 4.19. The molecule has 1 heterocycles. The second-order valence-corrected chi connectivity index (χ2v) is 5.46. The van der Waals surface area contributed by atoms with Gasteiger partial charge in [-0.15, -0.1) is 0 Å². The van der Waals surface area contributed by atoms with Gasteiger partial charge in [0.15, 0.2) is 0 Å². The van der Waals surface area contributed by atoms with Crippen LogP contribution in [0.15, 0.2) is 18.2 Å². The summed E-state index contributed by atoms with van der Waals surface area (Å²) < 4.78 is 0. The van der Waals surface area contributed by atoms with Crippen molar-refractivity contribution in [3.05, 3.63) is 34.9 Å². The molecule has 0 amide bonds. The van der Waals surface area contributed by atoms with Crippen molar-refractivity contribution in [2.75, 3.05) is 6.54 Å². The molecule has 1 saturated carbocycles. The first-order chi connectivity index (χ1) is 7.79. The van der Waals surface area contributed by atoms with Crippen LogP contribution in [0.4, 0.5) is 0 Å². The van der Waals surface area contributed by atoms with Crippen LogP contribution in [0, 0.1) is 12.8 Å². The van der Waals surface area contributed by atoms with E-state index in [0.717, 1.165) is 11.8 Å². The van der Waals surface area contributed by atoms with E-state index < -0.39 is 0 Å². The maximum absolute atomic E-state index is 3.77. The molecule has 2 atom stereocenters. The van der Waals surface area contributed by atoms with Crippen LogP contribution in [-0.4, -0.2) is 6.54 Å². The number of rotatable bonds is 2. The minimum absolute atomic E-state index is 0.651. The number of aryl methyl sites for hydroxylation is 1. The topological polar surface area (TPSA) is 12.0 Å². The molecule has 0 aromatic heterocycles. The molecule has 1 fully saturated rings.